The number of nitrogens with zero attached hydrogens (tertiary/aromatic N) is 3. The van der Waals surface area contributed by atoms with Gasteiger partial charge < -0.3 is 25.3 Å². The van der Waals surface area contributed by atoms with Crippen LogP contribution < -0.4 is 11.4 Å². The predicted molar refractivity (Wildman–Crippen MR) is 402 cm³/mol. The maximum absolute atomic E-state index is 11.5. The van der Waals surface area contributed by atoms with Crippen molar-refractivity contribution in [3.63, 3.8) is 0 Å². The number of Topliss-reactive ketones (excluding diaryl/α,β-unsaturated/α-hetero) is 2. The van der Waals surface area contributed by atoms with E-state index in [9.17, 15) is 19.2 Å². The minimum atomic E-state index is -1.41. The number of aromatic nitrogens is 1. The topological polar surface area (TPSA) is 222 Å². The standard InChI is InChI=1S/C16H14ClNO2.C14H12ClNO.C14H10ClN.C14H11ClO.C8H7BrO.C6H6BClO2.C2H3ClO.CH4.H3NO/c1-11(18-20-12(2)19)15-5-3-4-6-16(15)13-7-9-14(17)10-8-13;1-10(16-17)13-4-2-3-5-14(13)11-6-8-12(15)9-7-11;1-9-11-4-2-3-5-12(11)13-7-6-10(15)8-14(13)16-9;1-10(16)13-4-2-3-5-14(13)11-6-8-12(15)9-7-11;1-6(10)7-4-2-3-5-8(7)9;8-6-3-1-5(2-4-6)7(9)10;1-2(3)4;;1-2/h3-10H,1-2H3;2-9,17H,1H3;2-8H,1H3;2-9H,1H3;2-5H,1H3;1-4,9-10H;1H3;1H4;2H,1H2/b18-11+;16-10+;;;;;;;. The summed E-state index contributed by atoms with van der Waals surface area (Å²) in [6, 6.07) is 73.7. The average Bonchev–Trinajstić information content (AvgIpc) is 0.836. The minimum Gasteiger partial charge on any atom is -0.423 e. The molecule has 0 unspecified atom stereocenters. The van der Waals surface area contributed by atoms with Gasteiger partial charge in [0, 0.05) is 82.2 Å². The van der Waals surface area contributed by atoms with Crippen LogP contribution in [0.15, 0.2) is 251 Å². The lowest BCUT2D eigenvalue weighted by molar-refractivity contribution is -0.140. The lowest BCUT2D eigenvalue weighted by Crippen LogP contribution is -2.29. The highest BCUT2D eigenvalue weighted by atomic mass is 79.9. The maximum Gasteiger partial charge on any atom is 0.488 e. The van der Waals surface area contributed by atoms with Crippen LogP contribution >= 0.6 is 85.5 Å². The molecule has 21 heteroatoms. The highest BCUT2D eigenvalue weighted by molar-refractivity contribution is 9.10. The number of fused-ring (bicyclic) bond motifs is 3. The molecule has 0 saturated heterocycles. The Morgan fingerprint density at radius 1 is 0.458 bits per heavy atom. The van der Waals surface area contributed by atoms with Crippen molar-refractivity contribution in [1.82, 2.24) is 4.98 Å². The third-order valence-electron chi connectivity index (χ3n) is 13.1. The SMILES string of the molecule is C.C/C(=N\O)c1ccccc1-c1ccc(Cl)cc1.CC(=O)Cl.CC(=O)O/N=C(\C)c1ccccc1-c1ccc(Cl)cc1.CC(=O)c1ccccc1-c1ccc(Cl)cc1.CC(=O)c1ccccc1Br.Cc1nc2cc(Cl)ccc2c2ccccc12.NO.OB(O)c1ccc(Cl)cc1. The van der Waals surface area contributed by atoms with Crippen LogP contribution in [-0.2, 0) is 14.4 Å². The van der Waals surface area contributed by atoms with Crippen molar-refractivity contribution in [2.75, 3.05) is 0 Å². The Kier molecular flexibility index (Phi) is 36.6. The van der Waals surface area contributed by atoms with Crippen molar-refractivity contribution in [2.45, 2.75) is 55.9 Å². The van der Waals surface area contributed by atoms with Gasteiger partial charge >= 0.3 is 13.1 Å². The molecule has 96 heavy (non-hydrogen) atoms. The zero-order chi connectivity index (χ0) is 70.1. The highest BCUT2D eigenvalue weighted by Gasteiger charge is 2.12. The summed E-state index contributed by atoms with van der Waals surface area (Å²) in [5.41, 5.74) is 13.1. The van der Waals surface area contributed by atoms with Gasteiger partial charge in [-0.15, -0.1) is 0 Å². The Labute approximate surface area is 598 Å². The summed E-state index contributed by atoms with van der Waals surface area (Å²) in [7, 11) is -1.41. The second kappa shape index (κ2) is 42.9. The van der Waals surface area contributed by atoms with Crippen LogP contribution in [0.4, 0.5) is 0 Å². The number of oxime groups is 2. The first kappa shape index (κ1) is 81.8. The molecule has 0 saturated carbocycles. The van der Waals surface area contributed by atoms with Crippen LogP contribution in [0.1, 0.15) is 86.5 Å². The first-order chi connectivity index (χ1) is 45.4. The van der Waals surface area contributed by atoms with Gasteiger partial charge in [-0.05, 0) is 157 Å². The van der Waals surface area contributed by atoms with Gasteiger partial charge in [0.05, 0.1) is 16.9 Å². The van der Waals surface area contributed by atoms with E-state index in [-0.39, 0.29) is 24.2 Å². The fourth-order valence-corrected chi connectivity index (χ4v) is 9.98. The number of nitrogens with two attached hydrogens (primary N) is 1. The number of carbonyl (C=O) groups excluding carboxylic acids is 4. The first-order valence-corrected chi connectivity index (χ1v) is 31.7. The summed E-state index contributed by atoms with van der Waals surface area (Å²) in [5.74, 6) is 3.23. The fourth-order valence-electron chi connectivity index (χ4n) is 8.75. The van der Waals surface area contributed by atoms with Crippen molar-refractivity contribution in [3.05, 3.63) is 294 Å². The Bertz CT molecular complexity index is 4370. The van der Waals surface area contributed by atoms with E-state index in [1.807, 2.05) is 195 Å². The van der Waals surface area contributed by atoms with E-state index in [0.29, 0.717) is 37.0 Å². The van der Waals surface area contributed by atoms with Gasteiger partial charge in [0.1, 0.15) is 0 Å². The lowest BCUT2D eigenvalue weighted by atomic mass is 9.81. The molecule has 0 atom stereocenters. The predicted octanol–water partition coefficient (Wildman–Crippen LogP) is 20.5. The summed E-state index contributed by atoms with van der Waals surface area (Å²) in [6.45, 7) is 11.4. The molecule has 11 aromatic rings. The van der Waals surface area contributed by atoms with Crippen molar-refractivity contribution in [1.29, 1.82) is 0 Å². The average molecular weight is 1470 g/mol. The second-order valence-electron chi connectivity index (χ2n) is 20.0. The number of hydrogen-bond acceptors (Lipinski definition) is 13. The molecule has 0 spiro atoms. The molecule has 1 heterocycles. The third kappa shape index (κ3) is 27.0. The molecule has 1 aromatic heterocycles. The largest absolute Gasteiger partial charge is 0.488 e. The van der Waals surface area contributed by atoms with Gasteiger partial charge in [-0.1, -0.05) is 262 Å². The molecular formula is C75H70BBrCl6N4O9. The number of pyridine rings is 1. The molecule has 0 bridgehead atoms. The molecule has 11 rings (SSSR count). The lowest BCUT2D eigenvalue weighted by Gasteiger charge is -2.09. The van der Waals surface area contributed by atoms with E-state index in [1.54, 1.807) is 58.0 Å². The molecule has 496 valence electrons. The Hall–Kier alpha value is -8.39. The molecule has 0 amide bonds. The summed E-state index contributed by atoms with van der Waals surface area (Å²) >= 11 is 37.1. The zero-order valence-electron chi connectivity index (χ0n) is 52.5. The summed E-state index contributed by atoms with van der Waals surface area (Å²) in [6.07, 6.45) is 0. The molecular weight excluding hydrogens is 1400 g/mol. The number of benzene rings is 10. The second-order valence-corrected chi connectivity index (χ2v) is 23.6. The molecule has 10 aromatic carbocycles. The molecule has 0 aliphatic heterocycles. The normalized spacial score (nSPS) is 10.2. The van der Waals surface area contributed by atoms with Gasteiger partial charge in [-0.2, -0.15) is 0 Å². The van der Waals surface area contributed by atoms with E-state index in [2.05, 4.69) is 66.9 Å². The summed E-state index contributed by atoms with van der Waals surface area (Å²) in [5, 5.41) is 46.4. The van der Waals surface area contributed by atoms with Gasteiger partial charge in [-0.25, -0.2) is 10.7 Å². The Morgan fingerprint density at radius 3 is 1.19 bits per heavy atom. The molecule has 0 aliphatic carbocycles. The third-order valence-corrected chi connectivity index (χ3v) is 15.1. The number of ketones is 2. The van der Waals surface area contributed by atoms with Gasteiger partial charge in [0.2, 0.25) is 5.24 Å². The molecule has 13 nitrogen and oxygen atoms in total. The maximum atomic E-state index is 11.5. The van der Waals surface area contributed by atoms with Gasteiger partial charge in [0.25, 0.3) is 0 Å². The fraction of sp³-hybridized carbons (Fsp3) is 0.107. The summed E-state index contributed by atoms with van der Waals surface area (Å²) < 4.78 is 0.863. The zero-order valence-corrected chi connectivity index (χ0v) is 58.6. The van der Waals surface area contributed by atoms with Crippen LogP contribution in [0, 0.1) is 6.92 Å². The van der Waals surface area contributed by atoms with E-state index in [1.165, 1.54) is 24.6 Å². The van der Waals surface area contributed by atoms with Crippen molar-refractivity contribution < 1.29 is 44.5 Å². The molecule has 0 aliphatic rings. The van der Waals surface area contributed by atoms with Gasteiger partial charge in [0.15, 0.2) is 11.6 Å². The highest BCUT2D eigenvalue weighted by Crippen LogP contribution is 2.30. The van der Waals surface area contributed by atoms with Crippen LogP contribution in [0.25, 0.3) is 55.1 Å². The van der Waals surface area contributed by atoms with Gasteiger partial charge in [-0.3, -0.25) is 19.4 Å². The van der Waals surface area contributed by atoms with E-state index in [0.717, 1.165) is 81.7 Å². The van der Waals surface area contributed by atoms with Crippen molar-refractivity contribution in [3.8, 4) is 33.4 Å². The van der Waals surface area contributed by atoms with Crippen molar-refractivity contribution >= 4 is 154 Å². The quantitative estimate of drug-likeness (QED) is 0.0134. The van der Waals surface area contributed by atoms with E-state index in [4.69, 9.17) is 83.3 Å². The Morgan fingerprint density at radius 2 is 0.802 bits per heavy atom. The number of aryl methyl sites for hydroxylation is 1. The van der Waals surface area contributed by atoms with E-state index >= 15 is 0 Å². The van der Waals surface area contributed by atoms with E-state index < -0.39 is 13.1 Å². The minimum absolute atomic E-state index is 0. The smallest absolute Gasteiger partial charge is 0.423 e. The van der Waals surface area contributed by atoms with Crippen molar-refractivity contribution in [2.24, 2.45) is 16.2 Å². The number of rotatable bonds is 9. The van der Waals surface area contributed by atoms with Crippen LogP contribution in [0.3, 0.4) is 0 Å². The summed E-state index contributed by atoms with van der Waals surface area (Å²) in [4.78, 5) is 51.6. The van der Waals surface area contributed by atoms with Crippen LogP contribution in [0.5, 0.6) is 0 Å². The molecule has 0 fully saturated rings. The van der Waals surface area contributed by atoms with Crippen LogP contribution in [0.2, 0.25) is 25.1 Å². The number of halogens is 7. The monoisotopic (exact) mass is 1470 g/mol. The van der Waals surface area contributed by atoms with Crippen LogP contribution in [-0.4, -0.2) is 66.8 Å². The Balaban J connectivity index is 0.000000298. The number of carbonyl (C=O) groups is 4. The first-order valence-electron chi connectivity index (χ1n) is 28.6. The molecule has 0 radical (unpaired) electrons. The number of hydrogen-bond donors (Lipinski definition) is 5. The molecule has 6 N–H and O–H groups in total.